The van der Waals surface area contributed by atoms with Crippen LogP contribution in [0.2, 0.25) is 5.02 Å². The fraction of sp³-hybridized carbons (Fsp3) is 0.500. The van der Waals surface area contributed by atoms with Gasteiger partial charge in [0, 0.05) is 17.3 Å². The molecule has 0 saturated heterocycles. The quantitative estimate of drug-likeness (QED) is 0.776. The van der Waals surface area contributed by atoms with Crippen molar-refractivity contribution in [2.24, 2.45) is 0 Å². The number of anilines is 1. The van der Waals surface area contributed by atoms with Gasteiger partial charge < -0.3 is 20.1 Å². The fourth-order valence-electron chi connectivity index (χ4n) is 1.77. The molecule has 6 nitrogen and oxygen atoms in total. The average molecular weight is 343 g/mol. The molecule has 7 heteroatoms. The van der Waals surface area contributed by atoms with Gasteiger partial charge in [-0.2, -0.15) is 0 Å². The van der Waals surface area contributed by atoms with Crippen molar-refractivity contribution in [3.05, 3.63) is 29.3 Å². The van der Waals surface area contributed by atoms with Crippen LogP contribution in [0.1, 0.15) is 27.2 Å². The Morgan fingerprint density at radius 2 is 1.83 bits per heavy atom. The standard InChI is InChI=1S/C16H23ClN2O4/c1-16(2,3)23-15(21)18-10-9-13(14(20)22-4)19-12-7-5-11(17)6-8-12/h5-8,13,19H,9-10H2,1-4H3,(H,18,21)/t13-/m0/s1. The molecule has 0 bridgehead atoms. The molecule has 0 radical (unpaired) electrons. The second-order valence-electron chi connectivity index (χ2n) is 5.94. The lowest BCUT2D eigenvalue weighted by Gasteiger charge is -2.21. The highest BCUT2D eigenvalue weighted by atomic mass is 35.5. The van der Waals surface area contributed by atoms with Gasteiger partial charge in [0.15, 0.2) is 0 Å². The minimum atomic E-state index is -0.587. The van der Waals surface area contributed by atoms with Crippen molar-refractivity contribution in [1.29, 1.82) is 0 Å². The minimum absolute atomic E-state index is 0.273. The third kappa shape index (κ3) is 7.74. The molecule has 1 rings (SSSR count). The van der Waals surface area contributed by atoms with Crippen LogP contribution in [0.25, 0.3) is 0 Å². The molecule has 0 aliphatic rings. The SMILES string of the molecule is COC(=O)[C@H](CCNC(=O)OC(C)(C)C)Nc1ccc(Cl)cc1. The molecule has 128 valence electrons. The lowest BCUT2D eigenvalue weighted by atomic mass is 10.2. The summed E-state index contributed by atoms with van der Waals surface area (Å²) in [6.45, 7) is 5.62. The first-order valence-electron chi connectivity index (χ1n) is 7.28. The van der Waals surface area contributed by atoms with Gasteiger partial charge in [0.05, 0.1) is 7.11 Å². The van der Waals surface area contributed by atoms with Gasteiger partial charge in [-0.25, -0.2) is 9.59 Å². The molecule has 1 atom stereocenters. The van der Waals surface area contributed by atoms with E-state index in [1.165, 1.54) is 7.11 Å². The number of halogens is 1. The summed E-state index contributed by atoms with van der Waals surface area (Å²) < 4.78 is 9.91. The molecule has 0 spiro atoms. The third-order valence-electron chi connectivity index (χ3n) is 2.77. The highest BCUT2D eigenvalue weighted by Crippen LogP contribution is 2.15. The summed E-state index contributed by atoms with van der Waals surface area (Å²) in [5.74, 6) is -0.411. The predicted molar refractivity (Wildman–Crippen MR) is 89.7 cm³/mol. The molecule has 0 aliphatic heterocycles. The van der Waals surface area contributed by atoms with E-state index in [1.54, 1.807) is 45.0 Å². The van der Waals surface area contributed by atoms with Crippen LogP contribution in [0.5, 0.6) is 0 Å². The zero-order valence-corrected chi connectivity index (χ0v) is 14.6. The second kappa shape index (κ2) is 8.62. The number of rotatable bonds is 6. The van der Waals surface area contributed by atoms with Crippen molar-refractivity contribution in [1.82, 2.24) is 5.32 Å². The van der Waals surface area contributed by atoms with E-state index in [0.29, 0.717) is 11.4 Å². The summed E-state index contributed by atoms with van der Waals surface area (Å²) >= 11 is 5.83. The van der Waals surface area contributed by atoms with Crippen LogP contribution in [0, 0.1) is 0 Å². The topological polar surface area (TPSA) is 76.7 Å². The third-order valence-corrected chi connectivity index (χ3v) is 3.02. The maximum absolute atomic E-state index is 11.8. The Morgan fingerprint density at radius 3 is 2.35 bits per heavy atom. The first kappa shape index (κ1) is 19.1. The van der Waals surface area contributed by atoms with E-state index in [0.717, 1.165) is 5.69 Å². The van der Waals surface area contributed by atoms with E-state index in [1.807, 2.05) is 0 Å². The zero-order chi connectivity index (χ0) is 17.5. The Kier molecular flexibility index (Phi) is 7.16. The van der Waals surface area contributed by atoms with E-state index >= 15 is 0 Å². The highest BCUT2D eigenvalue weighted by Gasteiger charge is 2.20. The largest absolute Gasteiger partial charge is 0.467 e. The van der Waals surface area contributed by atoms with Crippen molar-refractivity contribution in [3.8, 4) is 0 Å². The van der Waals surface area contributed by atoms with E-state index < -0.39 is 23.7 Å². The van der Waals surface area contributed by atoms with E-state index in [2.05, 4.69) is 10.6 Å². The zero-order valence-electron chi connectivity index (χ0n) is 13.8. The van der Waals surface area contributed by atoms with Gasteiger partial charge >= 0.3 is 12.1 Å². The summed E-state index contributed by atoms with van der Waals surface area (Å²) in [5.41, 5.74) is 0.176. The van der Waals surface area contributed by atoms with Gasteiger partial charge in [-0.3, -0.25) is 0 Å². The van der Waals surface area contributed by atoms with Crippen molar-refractivity contribution in [2.45, 2.75) is 38.8 Å². The van der Waals surface area contributed by atoms with Crippen LogP contribution in [-0.2, 0) is 14.3 Å². The number of amides is 1. The smallest absolute Gasteiger partial charge is 0.407 e. The molecule has 1 aromatic carbocycles. The average Bonchev–Trinajstić information content (AvgIpc) is 2.45. The molecule has 0 aliphatic carbocycles. The Balaban J connectivity index is 2.54. The van der Waals surface area contributed by atoms with Crippen LogP contribution in [0.15, 0.2) is 24.3 Å². The fourth-order valence-corrected chi connectivity index (χ4v) is 1.90. The number of methoxy groups -OCH3 is 1. The lowest BCUT2D eigenvalue weighted by molar-refractivity contribution is -0.141. The molecular weight excluding hydrogens is 320 g/mol. The van der Waals surface area contributed by atoms with Crippen molar-refractivity contribution < 1.29 is 19.1 Å². The number of esters is 1. The predicted octanol–water partition coefficient (Wildman–Crippen LogP) is 3.21. The summed E-state index contributed by atoms with van der Waals surface area (Å²) in [5, 5.41) is 6.28. The summed E-state index contributed by atoms with van der Waals surface area (Å²) in [6, 6.07) is 6.38. The maximum Gasteiger partial charge on any atom is 0.407 e. The number of hydrogen-bond donors (Lipinski definition) is 2. The van der Waals surface area contributed by atoms with Crippen LogP contribution in [-0.4, -0.2) is 37.4 Å². The highest BCUT2D eigenvalue weighted by molar-refractivity contribution is 6.30. The Bertz CT molecular complexity index is 526. The number of hydrogen-bond acceptors (Lipinski definition) is 5. The summed E-state index contributed by atoms with van der Waals surface area (Å²) in [4.78, 5) is 23.4. The Morgan fingerprint density at radius 1 is 1.22 bits per heavy atom. The number of carbonyl (C=O) groups is 2. The molecule has 23 heavy (non-hydrogen) atoms. The minimum Gasteiger partial charge on any atom is -0.467 e. The van der Waals surface area contributed by atoms with Crippen molar-refractivity contribution >= 4 is 29.4 Å². The number of ether oxygens (including phenoxy) is 2. The first-order chi connectivity index (χ1) is 10.7. The lowest BCUT2D eigenvalue weighted by Crippen LogP contribution is -2.37. The molecule has 0 fully saturated rings. The van der Waals surface area contributed by atoms with Gasteiger partial charge in [-0.05, 0) is 51.5 Å². The monoisotopic (exact) mass is 342 g/mol. The molecule has 0 unspecified atom stereocenters. The number of carbonyl (C=O) groups excluding carboxylic acids is 2. The summed E-state index contributed by atoms with van der Waals surface area (Å²) in [6.07, 6.45) is -0.165. The molecule has 0 saturated carbocycles. The van der Waals surface area contributed by atoms with E-state index in [-0.39, 0.29) is 6.54 Å². The van der Waals surface area contributed by atoms with Crippen molar-refractivity contribution in [2.75, 3.05) is 19.0 Å². The molecule has 0 aromatic heterocycles. The molecule has 1 amide bonds. The number of alkyl carbamates (subject to hydrolysis) is 1. The van der Waals surface area contributed by atoms with Crippen LogP contribution in [0.4, 0.5) is 10.5 Å². The normalized spacial score (nSPS) is 12.2. The van der Waals surface area contributed by atoms with Gasteiger partial charge in [0.2, 0.25) is 0 Å². The Hall–Kier alpha value is -1.95. The van der Waals surface area contributed by atoms with Gasteiger partial charge in [-0.15, -0.1) is 0 Å². The van der Waals surface area contributed by atoms with Crippen LogP contribution in [0.3, 0.4) is 0 Å². The molecule has 0 heterocycles. The van der Waals surface area contributed by atoms with Gasteiger partial charge in [-0.1, -0.05) is 11.6 Å². The van der Waals surface area contributed by atoms with Crippen LogP contribution < -0.4 is 10.6 Å². The van der Waals surface area contributed by atoms with Gasteiger partial charge in [0.25, 0.3) is 0 Å². The molecular formula is C16H23ClN2O4. The molecule has 2 N–H and O–H groups in total. The Labute approximate surface area is 141 Å². The molecule has 1 aromatic rings. The maximum atomic E-state index is 11.8. The van der Waals surface area contributed by atoms with E-state index in [9.17, 15) is 9.59 Å². The van der Waals surface area contributed by atoms with E-state index in [4.69, 9.17) is 21.1 Å². The van der Waals surface area contributed by atoms with Crippen LogP contribution >= 0.6 is 11.6 Å². The summed E-state index contributed by atoms with van der Waals surface area (Å²) in [7, 11) is 1.32. The number of benzene rings is 1. The van der Waals surface area contributed by atoms with Gasteiger partial charge in [0.1, 0.15) is 11.6 Å². The second-order valence-corrected chi connectivity index (χ2v) is 6.38. The van der Waals surface area contributed by atoms with Crippen molar-refractivity contribution in [3.63, 3.8) is 0 Å². The first-order valence-corrected chi connectivity index (χ1v) is 7.66. The number of nitrogens with one attached hydrogen (secondary N) is 2.